The molecule has 0 bridgehead atoms. The van der Waals surface area contributed by atoms with Gasteiger partial charge in [-0.25, -0.2) is 9.59 Å². The molecule has 0 saturated heterocycles. The van der Waals surface area contributed by atoms with Crippen LogP contribution in [-0.2, 0) is 9.59 Å². The molecule has 78 valence electrons. The third-order valence-corrected chi connectivity index (χ3v) is 1.61. The summed E-state index contributed by atoms with van der Waals surface area (Å²) in [6, 6.07) is 0. The monoisotopic (exact) mass is 207 g/mol. The Kier molecular flexibility index (Phi) is 3.45. The Labute approximate surface area is 85.7 Å². The van der Waals surface area contributed by atoms with E-state index in [9.17, 15) is 9.59 Å². The summed E-state index contributed by atoms with van der Waals surface area (Å²) in [5, 5.41) is 20.0. The molecule has 0 radical (unpaired) electrons. The van der Waals surface area contributed by atoms with Crippen molar-refractivity contribution in [3.05, 3.63) is 47.9 Å². The summed E-state index contributed by atoms with van der Waals surface area (Å²) in [7, 11) is 0. The molecule has 1 aliphatic rings. The summed E-state index contributed by atoms with van der Waals surface area (Å²) < 4.78 is 0. The van der Waals surface area contributed by atoms with Crippen LogP contribution in [0.2, 0.25) is 0 Å². The molecule has 15 heavy (non-hydrogen) atoms. The fraction of sp³-hybridized carbons (Fsp3) is 0. The second-order valence-corrected chi connectivity index (χ2v) is 2.67. The minimum Gasteiger partial charge on any atom is -0.478 e. The molecule has 0 saturated carbocycles. The first kappa shape index (κ1) is 10.8. The first-order valence-electron chi connectivity index (χ1n) is 4.09. The molecule has 0 aliphatic carbocycles. The maximum Gasteiger partial charge on any atom is 0.338 e. The molecule has 0 aromatic heterocycles. The molecular weight excluding hydrogens is 198 g/mol. The minimum absolute atomic E-state index is 0.231. The Hall–Kier alpha value is -2.30. The SMILES string of the molecule is O=C(O)/C=C(/C(=O)O)C1=CC=CC=CN1. The Balaban J connectivity index is 3.05. The summed E-state index contributed by atoms with van der Waals surface area (Å²) >= 11 is 0. The van der Waals surface area contributed by atoms with Crippen LogP contribution in [0.4, 0.5) is 0 Å². The van der Waals surface area contributed by atoms with E-state index in [4.69, 9.17) is 10.2 Å². The smallest absolute Gasteiger partial charge is 0.338 e. The van der Waals surface area contributed by atoms with Gasteiger partial charge in [0.2, 0.25) is 0 Å². The number of rotatable bonds is 3. The zero-order valence-electron chi connectivity index (χ0n) is 7.68. The van der Waals surface area contributed by atoms with Gasteiger partial charge in [-0.1, -0.05) is 12.2 Å². The highest BCUT2D eigenvalue weighted by Gasteiger charge is 2.14. The molecule has 0 atom stereocenters. The van der Waals surface area contributed by atoms with Gasteiger partial charge in [-0.05, 0) is 12.2 Å². The van der Waals surface area contributed by atoms with Crippen LogP contribution in [0.1, 0.15) is 0 Å². The summed E-state index contributed by atoms with van der Waals surface area (Å²) in [6.45, 7) is 0. The third-order valence-electron chi connectivity index (χ3n) is 1.61. The number of hydrogen-bond donors (Lipinski definition) is 3. The van der Waals surface area contributed by atoms with Crippen LogP contribution in [0, 0.1) is 0 Å². The van der Waals surface area contributed by atoms with Gasteiger partial charge in [-0.15, -0.1) is 0 Å². The van der Waals surface area contributed by atoms with Crippen LogP contribution in [0.3, 0.4) is 0 Å². The number of carbonyl (C=O) groups is 2. The van der Waals surface area contributed by atoms with Gasteiger partial charge in [0.15, 0.2) is 0 Å². The third kappa shape index (κ3) is 3.15. The lowest BCUT2D eigenvalue weighted by Gasteiger charge is -2.05. The Bertz CT molecular complexity index is 402. The lowest BCUT2D eigenvalue weighted by atomic mass is 10.1. The normalized spacial score (nSPS) is 15.2. The predicted octanol–water partition coefficient (Wildman–Crippen LogP) is 0.639. The molecule has 0 aromatic carbocycles. The van der Waals surface area contributed by atoms with Crippen molar-refractivity contribution in [2.24, 2.45) is 0 Å². The summed E-state index contributed by atoms with van der Waals surface area (Å²) in [4.78, 5) is 21.2. The zero-order chi connectivity index (χ0) is 11.3. The molecule has 3 N–H and O–H groups in total. The minimum atomic E-state index is -1.30. The van der Waals surface area contributed by atoms with Gasteiger partial charge in [0.25, 0.3) is 0 Å². The van der Waals surface area contributed by atoms with Crippen molar-refractivity contribution in [1.29, 1.82) is 0 Å². The number of carboxylic acids is 2. The Morgan fingerprint density at radius 1 is 1.20 bits per heavy atom. The highest BCUT2D eigenvalue weighted by molar-refractivity contribution is 5.98. The molecule has 1 rings (SSSR count). The van der Waals surface area contributed by atoms with Gasteiger partial charge < -0.3 is 15.5 Å². The van der Waals surface area contributed by atoms with Gasteiger partial charge in [0.05, 0.1) is 11.3 Å². The molecule has 0 spiro atoms. The number of carboxylic acid groups (broad SMARTS) is 2. The molecule has 0 fully saturated rings. The number of nitrogens with one attached hydrogen (secondary N) is 1. The summed E-state index contributed by atoms with van der Waals surface area (Å²) in [5.41, 5.74) is -0.0615. The standard InChI is InChI=1S/C10H9NO4/c12-9(13)6-7(10(14)15)8-4-2-1-3-5-11-8/h1-6,11H,(H,12,13)(H,14,15)/b7-6+. The van der Waals surface area contributed by atoms with Gasteiger partial charge in [-0.3, -0.25) is 0 Å². The Morgan fingerprint density at radius 2 is 1.93 bits per heavy atom. The molecule has 1 aliphatic heterocycles. The number of hydrogen-bond acceptors (Lipinski definition) is 3. The van der Waals surface area contributed by atoms with E-state index >= 15 is 0 Å². The van der Waals surface area contributed by atoms with Crippen LogP contribution in [0.5, 0.6) is 0 Å². The quantitative estimate of drug-likeness (QED) is 0.591. The van der Waals surface area contributed by atoms with Crippen LogP contribution in [-0.4, -0.2) is 22.2 Å². The second-order valence-electron chi connectivity index (χ2n) is 2.67. The molecule has 5 heteroatoms. The van der Waals surface area contributed by atoms with Crippen LogP contribution >= 0.6 is 0 Å². The van der Waals surface area contributed by atoms with Crippen LogP contribution in [0.15, 0.2) is 47.9 Å². The van der Waals surface area contributed by atoms with Crippen molar-refractivity contribution < 1.29 is 19.8 Å². The molecular formula is C10H9NO4. The van der Waals surface area contributed by atoms with Crippen molar-refractivity contribution in [2.45, 2.75) is 0 Å². The van der Waals surface area contributed by atoms with Crippen molar-refractivity contribution in [3.63, 3.8) is 0 Å². The maximum absolute atomic E-state index is 10.8. The average molecular weight is 207 g/mol. The topological polar surface area (TPSA) is 86.6 Å². The van der Waals surface area contributed by atoms with E-state index in [-0.39, 0.29) is 11.3 Å². The van der Waals surface area contributed by atoms with E-state index in [2.05, 4.69) is 5.32 Å². The fourth-order valence-electron chi connectivity index (χ4n) is 1.00. The van der Waals surface area contributed by atoms with Gasteiger partial charge in [0.1, 0.15) is 0 Å². The number of allylic oxidation sites excluding steroid dienone is 4. The van der Waals surface area contributed by atoms with E-state index in [0.717, 1.165) is 0 Å². The van der Waals surface area contributed by atoms with Crippen molar-refractivity contribution >= 4 is 11.9 Å². The van der Waals surface area contributed by atoms with E-state index in [1.807, 2.05) is 0 Å². The lowest BCUT2D eigenvalue weighted by molar-refractivity contribution is -0.134. The predicted molar refractivity (Wildman–Crippen MR) is 52.9 cm³/mol. The van der Waals surface area contributed by atoms with Crippen molar-refractivity contribution in [3.8, 4) is 0 Å². The van der Waals surface area contributed by atoms with E-state index in [0.29, 0.717) is 6.08 Å². The van der Waals surface area contributed by atoms with Crippen molar-refractivity contribution in [1.82, 2.24) is 5.32 Å². The van der Waals surface area contributed by atoms with Crippen molar-refractivity contribution in [2.75, 3.05) is 0 Å². The first-order chi connectivity index (χ1) is 7.11. The van der Waals surface area contributed by atoms with Gasteiger partial charge >= 0.3 is 11.9 Å². The highest BCUT2D eigenvalue weighted by atomic mass is 16.4. The zero-order valence-corrected chi connectivity index (χ0v) is 7.68. The molecule has 0 aromatic rings. The first-order valence-corrected chi connectivity index (χ1v) is 4.09. The summed E-state index contributed by atoms with van der Waals surface area (Å²) in [5.74, 6) is -2.59. The Morgan fingerprint density at radius 3 is 2.53 bits per heavy atom. The second kappa shape index (κ2) is 4.80. The average Bonchev–Trinajstić information content (AvgIpc) is 2.41. The molecule has 0 amide bonds. The lowest BCUT2D eigenvalue weighted by Crippen LogP contribution is -2.15. The maximum atomic E-state index is 10.8. The van der Waals surface area contributed by atoms with E-state index in [1.54, 1.807) is 18.2 Å². The van der Waals surface area contributed by atoms with Crippen LogP contribution in [0.25, 0.3) is 0 Å². The number of aliphatic carboxylic acids is 2. The van der Waals surface area contributed by atoms with E-state index < -0.39 is 11.9 Å². The largest absolute Gasteiger partial charge is 0.478 e. The molecule has 0 unspecified atom stereocenters. The molecule has 5 nitrogen and oxygen atoms in total. The molecule has 1 heterocycles. The highest BCUT2D eigenvalue weighted by Crippen LogP contribution is 2.09. The fourth-order valence-corrected chi connectivity index (χ4v) is 1.00. The van der Waals surface area contributed by atoms with Gasteiger partial charge in [0, 0.05) is 12.3 Å². The summed E-state index contributed by atoms with van der Waals surface area (Å²) in [6.07, 6.45) is 8.64. The van der Waals surface area contributed by atoms with Gasteiger partial charge in [-0.2, -0.15) is 0 Å². The van der Waals surface area contributed by atoms with Crippen LogP contribution < -0.4 is 5.32 Å². The van der Waals surface area contributed by atoms with E-state index in [1.165, 1.54) is 12.3 Å².